The molecule has 1 aliphatic rings. The summed E-state index contributed by atoms with van der Waals surface area (Å²) in [5.41, 5.74) is 2.30. The van der Waals surface area contributed by atoms with Crippen molar-refractivity contribution in [3.05, 3.63) is 47.7 Å². The Labute approximate surface area is 115 Å². The summed E-state index contributed by atoms with van der Waals surface area (Å²) in [6.07, 6.45) is 4.70. The Hall–Kier alpha value is -2.14. The van der Waals surface area contributed by atoms with Crippen LogP contribution in [0.4, 0.5) is 0 Å². The number of nitrogens with zero attached hydrogens (tertiary/aromatic N) is 2. The number of para-hydroxylation sites is 1. The fourth-order valence-corrected chi connectivity index (χ4v) is 2.69. The van der Waals surface area contributed by atoms with E-state index in [1.165, 1.54) is 10.9 Å². The third-order valence-corrected chi connectivity index (χ3v) is 3.72. The number of aromatic nitrogens is 3. The van der Waals surface area contributed by atoms with Crippen LogP contribution < -0.4 is 0 Å². The molecule has 3 aromatic rings. The van der Waals surface area contributed by atoms with E-state index < -0.39 is 0 Å². The number of fused-ring (bicyclic) bond motifs is 1. The van der Waals surface area contributed by atoms with Crippen LogP contribution in [0.2, 0.25) is 0 Å². The minimum Gasteiger partial charge on any atom is -0.370 e. The van der Waals surface area contributed by atoms with Gasteiger partial charge >= 0.3 is 0 Å². The van der Waals surface area contributed by atoms with Gasteiger partial charge < -0.3 is 14.2 Å². The Balaban J connectivity index is 1.59. The van der Waals surface area contributed by atoms with Crippen molar-refractivity contribution in [3.8, 4) is 0 Å². The van der Waals surface area contributed by atoms with Gasteiger partial charge in [0, 0.05) is 23.7 Å². The average molecular weight is 269 g/mol. The maximum atomic E-state index is 5.57. The molecule has 0 spiro atoms. The number of rotatable bonds is 3. The van der Waals surface area contributed by atoms with E-state index in [0.29, 0.717) is 18.1 Å². The van der Waals surface area contributed by atoms with Crippen molar-refractivity contribution in [1.29, 1.82) is 0 Å². The van der Waals surface area contributed by atoms with Gasteiger partial charge in [0.15, 0.2) is 0 Å². The standard InChI is InChI=1S/C15H15N3O2/c1-2-5-12-11(4-1)10(9-16-12)8-14-17-15(18-20-14)13-6-3-7-19-13/h1-2,4-5,9,13,16H,3,6-8H2/t13-/m0/s1. The SMILES string of the molecule is c1ccc2c(Cc3nc([C@@H]4CCCO4)no3)c[nH]c2c1. The van der Waals surface area contributed by atoms with E-state index in [4.69, 9.17) is 9.26 Å². The third-order valence-electron chi connectivity index (χ3n) is 3.72. The van der Waals surface area contributed by atoms with Gasteiger partial charge in [0.2, 0.25) is 11.7 Å². The molecule has 0 radical (unpaired) electrons. The summed E-state index contributed by atoms with van der Waals surface area (Å²) in [5.74, 6) is 1.32. The third kappa shape index (κ3) is 2.00. The van der Waals surface area contributed by atoms with Crippen molar-refractivity contribution in [3.63, 3.8) is 0 Å². The van der Waals surface area contributed by atoms with Crippen LogP contribution in [-0.4, -0.2) is 21.7 Å². The topological polar surface area (TPSA) is 63.9 Å². The molecule has 1 atom stereocenters. The Morgan fingerprint density at radius 3 is 3.15 bits per heavy atom. The number of hydrogen-bond donors (Lipinski definition) is 1. The fourth-order valence-electron chi connectivity index (χ4n) is 2.69. The van der Waals surface area contributed by atoms with E-state index in [9.17, 15) is 0 Å². The molecule has 0 aliphatic carbocycles. The number of nitrogens with one attached hydrogen (secondary N) is 1. The van der Waals surface area contributed by atoms with Crippen molar-refractivity contribution in [2.24, 2.45) is 0 Å². The molecule has 3 heterocycles. The van der Waals surface area contributed by atoms with Crippen molar-refractivity contribution < 1.29 is 9.26 Å². The van der Waals surface area contributed by atoms with Crippen LogP contribution >= 0.6 is 0 Å². The van der Waals surface area contributed by atoms with Crippen molar-refractivity contribution in [2.45, 2.75) is 25.4 Å². The van der Waals surface area contributed by atoms with E-state index in [0.717, 1.165) is 25.0 Å². The van der Waals surface area contributed by atoms with Gasteiger partial charge in [-0.3, -0.25) is 0 Å². The highest BCUT2D eigenvalue weighted by Gasteiger charge is 2.23. The predicted molar refractivity (Wildman–Crippen MR) is 73.3 cm³/mol. The lowest BCUT2D eigenvalue weighted by Gasteiger charge is -2.00. The van der Waals surface area contributed by atoms with Gasteiger partial charge in [-0.1, -0.05) is 23.4 Å². The summed E-state index contributed by atoms with van der Waals surface area (Å²) in [6.45, 7) is 0.789. The Kier molecular flexibility index (Phi) is 2.77. The van der Waals surface area contributed by atoms with Gasteiger partial charge in [-0.2, -0.15) is 4.98 Å². The van der Waals surface area contributed by atoms with Gasteiger partial charge in [-0.15, -0.1) is 0 Å². The van der Waals surface area contributed by atoms with Gasteiger partial charge in [-0.25, -0.2) is 0 Å². The Bertz CT molecular complexity index is 725. The second-order valence-electron chi connectivity index (χ2n) is 5.08. The minimum absolute atomic E-state index is 0.00969. The normalized spacial score (nSPS) is 18.9. The Morgan fingerprint density at radius 2 is 2.25 bits per heavy atom. The first-order valence-electron chi connectivity index (χ1n) is 6.89. The quantitative estimate of drug-likeness (QED) is 0.794. The van der Waals surface area contributed by atoms with Crippen LogP contribution in [0, 0.1) is 0 Å². The van der Waals surface area contributed by atoms with Crippen molar-refractivity contribution in [2.75, 3.05) is 6.61 Å². The molecule has 1 saturated heterocycles. The molecule has 1 aromatic carbocycles. The summed E-state index contributed by atoms with van der Waals surface area (Å²) in [7, 11) is 0. The number of hydrogen-bond acceptors (Lipinski definition) is 4. The lowest BCUT2D eigenvalue weighted by Crippen LogP contribution is -1.98. The summed E-state index contributed by atoms with van der Waals surface area (Å²) < 4.78 is 10.9. The predicted octanol–water partition coefficient (Wildman–Crippen LogP) is 2.99. The maximum absolute atomic E-state index is 5.57. The van der Waals surface area contributed by atoms with Gasteiger partial charge in [0.05, 0.1) is 6.42 Å². The summed E-state index contributed by atoms with van der Waals surface area (Å²) >= 11 is 0. The zero-order valence-corrected chi connectivity index (χ0v) is 11.0. The second kappa shape index (κ2) is 4.76. The number of aromatic amines is 1. The van der Waals surface area contributed by atoms with Crippen LogP contribution in [0.3, 0.4) is 0 Å². The zero-order chi connectivity index (χ0) is 13.4. The first-order chi connectivity index (χ1) is 9.90. The Morgan fingerprint density at radius 1 is 1.30 bits per heavy atom. The molecule has 102 valence electrons. The molecule has 0 amide bonds. The molecule has 0 unspecified atom stereocenters. The van der Waals surface area contributed by atoms with E-state index >= 15 is 0 Å². The van der Waals surface area contributed by atoms with Crippen LogP contribution in [0.15, 0.2) is 35.0 Å². The van der Waals surface area contributed by atoms with Crippen LogP contribution in [0.1, 0.15) is 36.2 Å². The summed E-state index contributed by atoms with van der Waals surface area (Å²) in [6, 6.07) is 8.21. The van der Waals surface area contributed by atoms with E-state index in [-0.39, 0.29) is 6.10 Å². The molecule has 20 heavy (non-hydrogen) atoms. The molecule has 5 nitrogen and oxygen atoms in total. The molecule has 1 N–H and O–H groups in total. The molecular weight excluding hydrogens is 254 g/mol. The molecule has 4 rings (SSSR count). The minimum atomic E-state index is 0.00969. The highest BCUT2D eigenvalue weighted by molar-refractivity contribution is 5.83. The van der Waals surface area contributed by atoms with Crippen LogP contribution in [-0.2, 0) is 11.2 Å². The molecule has 1 fully saturated rings. The van der Waals surface area contributed by atoms with Gasteiger partial charge in [-0.05, 0) is 24.5 Å². The average Bonchev–Trinajstić information content (AvgIpc) is 3.19. The number of H-pyrrole nitrogens is 1. The van der Waals surface area contributed by atoms with Crippen LogP contribution in [0.5, 0.6) is 0 Å². The highest BCUT2D eigenvalue weighted by Crippen LogP contribution is 2.27. The van der Waals surface area contributed by atoms with Crippen molar-refractivity contribution in [1.82, 2.24) is 15.1 Å². The lowest BCUT2D eigenvalue weighted by molar-refractivity contribution is 0.103. The smallest absolute Gasteiger partial charge is 0.231 e. The van der Waals surface area contributed by atoms with Gasteiger partial charge in [0.25, 0.3) is 0 Å². The van der Waals surface area contributed by atoms with Crippen LogP contribution in [0.25, 0.3) is 10.9 Å². The molecule has 2 aromatic heterocycles. The van der Waals surface area contributed by atoms with E-state index in [1.807, 2.05) is 18.3 Å². The van der Waals surface area contributed by atoms with Gasteiger partial charge in [0.1, 0.15) is 6.10 Å². The van der Waals surface area contributed by atoms with Crippen molar-refractivity contribution >= 4 is 10.9 Å². The molecular formula is C15H15N3O2. The lowest BCUT2D eigenvalue weighted by atomic mass is 10.1. The molecule has 0 saturated carbocycles. The monoisotopic (exact) mass is 269 g/mol. The van der Waals surface area contributed by atoms with E-state index in [1.54, 1.807) is 0 Å². The first-order valence-corrected chi connectivity index (χ1v) is 6.89. The molecule has 0 bridgehead atoms. The molecule has 1 aliphatic heterocycles. The largest absolute Gasteiger partial charge is 0.370 e. The number of benzene rings is 1. The fraction of sp³-hybridized carbons (Fsp3) is 0.333. The second-order valence-corrected chi connectivity index (χ2v) is 5.08. The highest BCUT2D eigenvalue weighted by atomic mass is 16.5. The van der Waals surface area contributed by atoms with E-state index in [2.05, 4.69) is 27.3 Å². The number of ether oxygens (including phenoxy) is 1. The zero-order valence-electron chi connectivity index (χ0n) is 11.0. The summed E-state index contributed by atoms with van der Waals surface area (Å²) in [4.78, 5) is 7.71. The summed E-state index contributed by atoms with van der Waals surface area (Å²) in [5, 5.41) is 5.24. The first kappa shape index (κ1) is 11.7. The maximum Gasteiger partial charge on any atom is 0.231 e. The molecule has 5 heteroatoms.